The Hall–Kier alpha value is -2.46. The summed E-state index contributed by atoms with van der Waals surface area (Å²) in [4.78, 5) is 14.9. The van der Waals surface area contributed by atoms with Crippen molar-refractivity contribution < 1.29 is 14.3 Å². The summed E-state index contributed by atoms with van der Waals surface area (Å²) in [6, 6.07) is 11.3. The Kier molecular flexibility index (Phi) is 5.23. The maximum Gasteiger partial charge on any atom is 0.259 e. The van der Waals surface area contributed by atoms with Gasteiger partial charge in [-0.3, -0.25) is 4.79 Å². The van der Waals surface area contributed by atoms with E-state index < -0.39 is 0 Å². The second kappa shape index (κ2) is 7.42. The molecular weight excluding hydrogens is 350 g/mol. The van der Waals surface area contributed by atoms with Crippen molar-refractivity contribution in [2.24, 2.45) is 5.92 Å². The number of nitrogens with zero attached hydrogens (tertiary/aromatic N) is 1. The van der Waals surface area contributed by atoms with Gasteiger partial charge in [0, 0.05) is 23.7 Å². The normalized spacial score (nSPS) is 14.9. The summed E-state index contributed by atoms with van der Waals surface area (Å²) in [7, 11) is 3.13. The first-order valence-corrected chi connectivity index (χ1v) is 8.88. The van der Waals surface area contributed by atoms with Crippen molar-refractivity contribution in [3.8, 4) is 11.5 Å². The number of hydrogen-bond acceptors (Lipinski definition) is 3. The first-order chi connectivity index (χ1) is 12.5. The number of methoxy groups -OCH3 is 2. The van der Waals surface area contributed by atoms with Gasteiger partial charge in [0.15, 0.2) is 11.5 Å². The van der Waals surface area contributed by atoms with Crippen LogP contribution in [0.5, 0.6) is 11.5 Å². The molecule has 0 aromatic heterocycles. The van der Waals surface area contributed by atoms with Crippen molar-refractivity contribution in [3.63, 3.8) is 0 Å². The largest absolute Gasteiger partial charge is 0.493 e. The Morgan fingerprint density at radius 3 is 2.42 bits per heavy atom. The standard InChI is InChI=1S/C21H22ClNO3/c1-13(2)12-23-18-8-6-5-7-15(18)16(21(23)24)9-14-10-19(25-3)20(26-4)11-17(14)22/h5-11,13H,12H2,1-4H3/b16-9-. The minimum Gasteiger partial charge on any atom is -0.493 e. The van der Waals surface area contributed by atoms with Crippen LogP contribution < -0.4 is 14.4 Å². The van der Waals surface area contributed by atoms with Crippen molar-refractivity contribution in [1.82, 2.24) is 0 Å². The van der Waals surface area contributed by atoms with Crippen LogP contribution in [0.4, 0.5) is 5.69 Å². The van der Waals surface area contributed by atoms with E-state index in [2.05, 4.69) is 13.8 Å². The molecule has 0 fully saturated rings. The van der Waals surface area contributed by atoms with Crippen LogP contribution in [-0.4, -0.2) is 26.7 Å². The average Bonchev–Trinajstić information content (AvgIpc) is 2.88. The number of fused-ring (bicyclic) bond motifs is 1. The molecule has 0 saturated heterocycles. The molecular formula is C21H22ClNO3. The fraction of sp³-hybridized carbons (Fsp3) is 0.286. The number of anilines is 1. The topological polar surface area (TPSA) is 38.8 Å². The lowest BCUT2D eigenvalue weighted by Gasteiger charge is -2.19. The molecule has 1 heterocycles. The molecule has 0 aliphatic carbocycles. The van der Waals surface area contributed by atoms with E-state index in [9.17, 15) is 4.79 Å². The van der Waals surface area contributed by atoms with Gasteiger partial charge in [0.1, 0.15) is 0 Å². The van der Waals surface area contributed by atoms with E-state index in [-0.39, 0.29) is 5.91 Å². The number of hydrogen-bond donors (Lipinski definition) is 0. The number of carbonyl (C=O) groups excluding carboxylic acids is 1. The molecule has 5 heteroatoms. The maximum atomic E-state index is 13.0. The third-order valence-corrected chi connectivity index (χ3v) is 4.64. The summed E-state index contributed by atoms with van der Waals surface area (Å²) in [6.07, 6.45) is 1.83. The van der Waals surface area contributed by atoms with Gasteiger partial charge in [0.05, 0.1) is 24.9 Å². The number of ether oxygens (including phenoxy) is 2. The summed E-state index contributed by atoms with van der Waals surface area (Å²) in [5.74, 6) is 1.49. The molecule has 0 saturated carbocycles. The molecule has 136 valence electrons. The van der Waals surface area contributed by atoms with Crippen LogP contribution in [0.2, 0.25) is 5.02 Å². The molecule has 1 aliphatic rings. The molecule has 1 aliphatic heterocycles. The highest BCUT2D eigenvalue weighted by Gasteiger charge is 2.32. The lowest BCUT2D eigenvalue weighted by atomic mass is 10.0. The molecule has 0 N–H and O–H groups in total. The Labute approximate surface area is 159 Å². The van der Waals surface area contributed by atoms with E-state index in [4.69, 9.17) is 21.1 Å². The van der Waals surface area contributed by atoms with E-state index in [1.807, 2.05) is 35.2 Å². The highest BCUT2D eigenvalue weighted by molar-refractivity contribution is 6.37. The number of halogens is 1. The average molecular weight is 372 g/mol. The molecule has 4 nitrogen and oxygen atoms in total. The monoisotopic (exact) mass is 371 g/mol. The van der Waals surface area contributed by atoms with Crippen LogP contribution in [0.15, 0.2) is 36.4 Å². The Balaban J connectivity index is 2.10. The summed E-state index contributed by atoms with van der Waals surface area (Å²) in [5, 5.41) is 0.503. The second-order valence-corrected chi connectivity index (χ2v) is 7.02. The molecule has 26 heavy (non-hydrogen) atoms. The van der Waals surface area contributed by atoms with Crippen LogP contribution in [0, 0.1) is 5.92 Å². The number of amides is 1. The van der Waals surface area contributed by atoms with Gasteiger partial charge in [-0.05, 0) is 29.7 Å². The van der Waals surface area contributed by atoms with E-state index in [1.54, 1.807) is 26.4 Å². The predicted molar refractivity (Wildman–Crippen MR) is 106 cm³/mol. The van der Waals surface area contributed by atoms with Crippen molar-refractivity contribution in [2.45, 2.75) is 13.8 Å². The summed E-state index contributed by atoms with van der Waals surface area (Å²) in [5.41, 5.74) is 3.21. The fourth-order valence-corrected chi connectivity index (χ4v) is 3.34. The van der Waals surface area contributed by atoms with Crippen molar-refractivity contribution >= 4 is 34.8 Å². The summed E-state index contributed by atoms with van der Waals surface area (Å²) in [6.45, 7) is 4.87. The second-order valence-electron chi connectivity index (χ2n) is 6.61. The summed E-state index contributed by atoms with van der Waals surface area (Å²) < 4.78 is 10.6. The van der Waals surface area contributed by atoms with E-state index in [0.29, 0.717) is 40.1 Å². The molecule has 0 radical (unpaired) electrons. The Morgan fingerprint density at radius 2 is 1.77 bits per heavy atom. The first kappa shape index (κ1) is 18.3. The highest BCUT2D eigenvalue weighted by atomic mass is 35.5. The molecule has 2 aromatic rings. The van der Waals surface area contributed by atoms with E-state index >= 15 is 0 Å². The molecule has 3 rings (SSSR count). The highest BCUT2D eigenvalue weighted by Crippen LogP contribution is 2.40. The first-order valence-electron chi connectivity index (χ1n) is 8.50. The van der Waals surface area contributed by atoms with Crippen LogP contribution in [-0.2, 0) is 4.79 Å². The molecule has 1 amide bonds. The lowest BCUT2D eigenvalue weighted by molar-refractivity contribution is -0.113. The number of rotatable bonds is 5. The van der Waals surface area contributed by atoms with E-state index in [1.165, 1.54) is 0 Å². The molecule has 0 spiro atoms. The fourth-order valence-electron chi connectivity index (χ4n) is 3.13. The van der Waals surface area contributed by atoms with Gasteiger partial charge < -0.3 is 14.4 Å². The molecule has 0 bridgehead atoms. The number of para-hydroxylation sites is 1. The lowest BCUT2D eigenvalue weighted by Crippen LogP contribution is -2.30. The maximum absolute atomic E-state index is 13.0. The smallest absolute Gasteiger partial charge is 0.259 e. The van der Waals surface area contributed by atoms with Crippen LogP contribution >= 0.6 is 11.6 Å². The SMILES string of the molecule is COc1cc(Cl)c(/C=C2\C(=O)N(CC(C)C)c3ccccc32)cc1OC. The number of carbonyl (C=O) groups is 1. The van der Waals surface area contributed by atoms with Crippen molar-refractivity contribution in [1.29, 1.82) is 0 Å². The van der Waals surface area contributed by atoms with Gasteiger partial charge in [0.25, 0.3) is 5.91 Å². The van der Waals surface area contributed by atoms with Gasteiger partial charge in [-0.15, -0.1) is 0 Å². The third-order valence-electron chi connectivity index (χ3n) is 4.31. The van der Waals surface area contributed by atoms with Gasteiger partial charge in [0.2, 0.25) is 0 Å². The van der Waals surface area contributed by atoms with Crippen molar-refractivity contribution in [2.75, 3.05) is 25.7 Å². The Morgan fingerprint density at radius 1 is 1.12 bits per heavy atom. The minimum absolute atomic E-state index is 0.00856. The van der Waals surface area contributed by atoms with Gasteiger partial charge in [-0.2, -0.15) is 0 Å². The van der Waals surface area contributed by atoms with Gasteiger partial charge in [-0.1, -0.05) is 43.6 Å². The molecule has 0 atom stereocenters. The molecule has 2 aromatic carbocycles. The van der Waals surface area contributed by atoms with E-state index in [0.717, 1.165) is 11.3 Å². The quantitative estimate of drug-likeness (QED) is 0.701. The zero-order valence-electron chi connectivity index (χ0n) is 15.4. The molecule has 0 unspecified atom stereocenters. The van der Waals surface area contributed by atoms with Gasteiger partial charge in [-0.25, -0.2) is 0 Å². The van der Waals surface area contributed by atoms with Gasteiger partial charge >= 0.3 is 0 Å². The Bertz CT molecular complexity index is 874. The van der Waals surface area contributed by atoms with Crippen LogP contribution in [0.25, 0.3) is 11.6 Å². The third kappa shape index (κ3) is 3.29. The zero-order chi connectivity index (χ0) is 18.8. The summed E-state index contributed by atoms with van der Waals surface area (Å²) >= 11 is 6.41. The van der Waals surface area contributed by atoms with Crippen LogP contribution in [0.1, 0.15) is 25.0 Å². The van der Waals surface area contributed by atoms with Crippen LogP contribution in [0.3, 0.4) is 0 Å². The zero-order valence-corrected chi connectivity index (χ0v) is 16.1. The minimum atomic E-state index is -0.00856. The van der Waals surface area contributed by atoms with Crippen molar-refractivity contribution in [3.05, 3.63) is 52.5 Å². The predicted octanol–water partition coefficient (Wildman–Crippen LogP) is 4.90. The number of benzene rings is 2.